The molecule has 0 aliphatic carbocycles. The van der Waals surface area contributed by atoms with E-state index in [0.717, 1.165) is 31.3 Å². The quantitative estimate of drug-likeness (QED) is 0.863. The van der Waals surface area contributed by atoms with Crippen LogP contribution in [-0.2, 0) is 11.3 Å². The second-order valence-electron chi connectivity index (χ2n) is 6.51. The minimum atomic E-state index is -1.07. The van der Waals surface area contributed by atoms with Gasteiger partial charge < -0.3 is 5.11 Å². The van der Waals surface area contributed by atoms with E-state index in [1.807, 2.05) is 0 Å². The Morgan fingerprint density at radius 2 is 2.24 bits per heavy atom. The molecule has 2 rings (SSSR count). The molecule has 1 aromatic carbocycles. The predicted octanol–water partition coefficient (Wildman–Crippen LogP) is 3.55. The summed E-state index contributed by atoms with van der Waals surface area (Å²) in [4.78, 5) is 12.9. The number of rotatable bonds is 4. The molecule has 0 amide bonds. The number of carbonyl (C=O) groups is 1. The molecule has 0 unspecified atom stereocenters. The van der Waals surface area contributed by atoms with E-state index >= 15 is 0 Å². The lowest BCUT2D eigenvalue weighted by Gasteiger charge is -2.38. The van der Waals surface area contributed by atoms with Crippen LogP contribution in [-0.4, -0.2) is 29.1 Å². The van der Waals surface area contributed by atoms with Gasteiger partial charge >= 0.3 is 5.97 Å². The van der Waals surface area contributed by atoms with Crippen LogP contribution in [0.15, 0.2) is 24.3 Å². The van der Waals surface area contributed by atoms with Crippen molar-refractivity contribution >= 4 is 12.0 Å². The van der Waals surface area contributed by atoms with Crippen molar-refractivity contribution in [3.63, 3.8) is 0 Å². The van der Waals surface area contributed by atoms with Crippen LogP contribution in [0.2, 0.25) is 0 Å². The number of aliphatic carboxylic acids is 1. The third kappa shape index (κ3) is 4.67. The van der Waals surface area contributed by atoms with Crippen LogP contribution in [0.5, 0.6) is 0 Å². The average molecular weight is 291 g/mol. The highest BCUT2D eigenvalue weighted by atomic mass is 19.1. The maximum atomic E-state index is 13.7. The number of halogens is 1. The van der Waals surface area contributed by atoms with Crippen LogP contribution in [0.1, 0.15) is 37.8 Å². The summed E-state index contributed by atoms with van der Waals surface area (Å²) < 4.78 is 13.7. The molecule has 3 nitrogen and oxygen atoms in total. The van der Waals surface area contributed by atoms with Crippen molar-refractivity contribution in [2.24, 2.45) is 5.41 Å². The zero-order valence-corrected chi connectivity index (χ0v) is 12.6. The zero-order valence-electron chi connectivity index (χ0n) is 12.6. The highest BCUT2D eigenvalue weighted by molar-refractivity contribution is 5.85. The molecule has 4 heteroatoms. The second-order valence-corrected chi connectivity index (χ2v) is 6.51. The molecule has 0 bridgehead atoms. The number of piperidine rings is 1. The van der Waals surface area contributed by atoms with Crippen LogP contribution in [0, 0.1) is 11.2 Å². The maximum Gasteiger partial charge on any atom is 0.328 e. The molecule has 0 radical (unpaired) electrons. The first-order valence-corrected chi connectivity index (χ1v) is 7.27. The van der Waals surface area contributed by atoms with Gasteiger partial charge in [-0.3, -0.25) is 4.90 Å². The van der Waals surface area contributed by atoms with E-state index in [9.17, 15) is 9.18 Å². The Morgan fingerprint density at radius 1 is 1.48 bits per heavy atom. The van der Waals surface area contributed by atoms with E-state index < -0.39 is 11.8 Å². The molecule has 1 N–H and O–H groups in total. The summed E-state index contributed by atoms with van der Waals surface area (Å²) in [5.41, 5.74) is 1.66. The average Bonchev–Trinajstić information content (AvgIpc) is 2.38. The fraction of sp³-hybridized carbons (Fsp3) is 0.471. The summed E-state index contributed by atoms with van der Waals surface area (Å²) >= 11 is 0. The van der Waals surface area contributed by atoms with E-state index in [2.05, 4.69) is 18.7 Å². The minimum absolute atomic E-state index is 0.324. The van der Waals surface area contributed by atoms with Crippen molar-refractivity contribution < 1.29 is 14.3 Å². The molecule has 0 atom stereocenters. The van der Waals surface area contributed by atoms with Crippen LogP contribution in [0.3, 0.4) is 0 Å². The molecule has 0 saturated carbocycles. The molecular formula is C17H22FNO2. The van der Waals surface area contributed by atoms with Gasteiger partial charge in [-0.05, 0) is 48.6 Å². The Hall–Kier alpha value is -1.68. The SMILES string of the molecule is CC1(C)CCCN(Cc2ccc(F)c(C=CC(=O)O)c2)C1. The van der Waals surface area contributed by atoms with Crippen LogP contribution in [0.4, 0.5) is 4.39 Å². The van der Waals surface area contributed by atoms with Crippen molar-refractivity contribution in [3.8, 4) is 0 Å². The van der Waals surface area contributed by atoms with Crippen molar-refractivity contribution in [2.45, 2.75) is 33.2 Å². The number of benzene rings is 1. The molecule has 1 fully saturated rings. The number of carboxylic acids is 1. The maximum absolute atomic E-state index is 13.7. The fourth-order valence-electron chi connectivity index (χ4n) is 2.92. The minimum Gasteiger partial charge on any atom is -0.478 e. The standard InChI is InChI=1S/C17H22FNO2/c1-17(2)8-3-9-19(12-17)11-13-4-6-15(18)14(10-13)5-7-16(20)21/h4-7,10H,3,8-9,11-12H2,1-2H3,(H,20,21). The van der Waals surface area contributed by atoms with E-state index in [1.165, 1.54) is 25.0 Å². The van der Waals surface area contributed by atoms with Crippen LogP contribution in [0.25, 0.3) is 6.08 Å². The molecule has 1 heterocycles. The summed E-state index contributed by atoms with van der Waals surface area (Å²) in [7, 11) is 0. The van der Waals surface area contributed by atoms with E-state index in [-0.39, 0.29) is 0 Å². The lowest BCUT2D eigenvalue weighted by atomic mass is 9.84. The highest BCUT2D eigenvalue weighted by Crippen LogP contribution is 2.29. The lowest BCUT2D eigenvalue weighted by Crippen LogP contribution is -2.39. The lowest BCUT2D eigenvalue weighted by molar-refractivity contribution is -0.131. The summed E-state index contributed by atoms with van der Waals surface area (Å²) in [5.74, 6) is -1.46. The predicted molar refractivity (Wildman–Crippen MR) is 81.4 cm³/mol. The smallest absolute Gasteiger partial charge is 0.328 e. The van der Waals surface area contributed by atoms with Crippen molar-refractivity contribution in [3.05, 3.63) is 41.2 Å². The Labute approximate surface area is 125 Å². The van der Waals surface area contributed by atoms with Gasteiger partial charge in [0.15, 0.2) is 0 Å². The summed E-state index contributed by atoms with van der Waals surface area (Å²) in [6.07, 6.45) is 4.69. The van der Waals surface area contributed by atoms with Gasteiger partial charge in [-0.25, -0.2) is 9.18 Å². The first-order chi connectivity index (χ1) is 9.85. The summed E-state index contributed by atoms with van der Waals surface area (Å²) in [6, 6.07) is 4.91. The van der Waals surface area contributed by atoms with Gasteiger partial charge in [0.05, 0.1) is 0 Å². The molecule has 114 valence electrons. The van der Waals surface area contributed by atoms with Gasteiger partial charge in [-0.15, -0.1) is 0 Å². The monoisotopic (exact) mass is 291 g/mol. The van der Waals surface area contributed by atoms with E-state index in [0.29, 0.717) is 11.0 Å². The van der Waals surface area contributed by atoms with Gasteiger partial charge in [0.1, 0.15) is 5.82 Å². The summed E-state index contributed by atoms with van der Waals surface area (Å²) in [5, 5.41) is 8.64. The van der Waals surface area contributed by atoms with Gasteiger partial charge in [0, 0.05) is 24.7 Å². The van der Waals surface area contributed by atoms with E-state index in [1.54, 1.807) is 12.1 Å². The fourth-order valence-corrected chi connectivity index (χ4v) is 2.92. The number of likely N-dealkylation sites (tertiary alicyclic amines) is 1. The molecule has 1 aromatic rings. The molecule has 1 aliphatic heterocycles. The largest absolute Gasteiger partial charge is 0.478 e. The normalized spacial score (nSPS) is 19.0. The Morgan fingerprint density at radius 3 is 2.90 bits per heavy atom. The molecular weight excluding hydrogens is 269 g/mol. The van der Waals surface area contributed by atoms with Crippen molar-refractivity contribution in [1.82, 2.24) is 4.90 Å². The Balaban J connectivity index is 2.10. The number of hydrogen-bond donors (Lipinski definition) is 1. The van der Waals surface area contributed by atoms with Crippen LogP contribution < -0.4 is 0 Å². The van der Waals surface area contributed by atoms with Crippen LogP contribution >= 0.6 is 0 Å². The molecule has 1 saturated heterocycles. The van der Waals surface area contributed by atoms with Gasteiger partial charge in [-0.2, -0.15) is 0 Å². The molecule has 0 spiro atoms. The number of carboxylic acid groups (broad SMARTS) is 1. The molecule has 0 aromatic heterocycles. The summed E-state index contributed by atoms with van der Waals surface area (Å²) in [6.45, 7) is 7.40. The Kier molecular flexibility index (Phi) is 4.78. The number of nitrogens with zero attached hydrogens (tertiary/aromatic N) is 1. The number of hydrogen-bond acceptors (Lipinski definition) is 2. The topological polar surface area (TPSA) is 40.5 Å². The van der Waals surface area contributed by atoms with Gasteiger partial charge in [0.25, 0.3) is 0 Å². The zero-order chi connectivity index (χ0) is 15.5. The third-order valence-corrected chi connectivity index (χ3v) is 3.85. The molecule has 1 aliphatic rings. The molecule has 21 heavy (non-hydrogen) atoms. The second kappa shape index (κ2) is 6.39. The first kappa shape index (κ1) is 15.7. The third-order valence-electron chi connectivity index (χ3n) is 3.85. The van der Waals surface area contributed by atoms with Gasteiger partial charge in [0.2, 0.25) is 0 Å². The van der Waals surface area contributed by atoms with E-state index in [4.69, 9.17) is 5.11 Å². The van der Waals surface area contributed by atoms with Crippen molar-refractivity contribution in [1.29, 1.82) is 0 Å². The van der Waals surface area contributed by atoms with Gasteiger partial charge in [-0.1, -0.05) is 19.9 Å². The highest BCUT2D eigenvalue weighted by Gasteiger charge is 2.26. The van der Waals surface area contributed by atoms with Crippen molar-refractivity contribution in [2.75, 3.05) is 13.1 Å². The Bertz CT molecular complexity index is 552. The first-order valence-electron chi connectivity index (χ1n) is 7.27.